The maximum absolute atomic E-state index is 12.1. The van der Waals surface area contributed by atoms with Gasteiger partial charge in [-0.2, -0.15) is 0 Å². The van der Waals surface area contributed by atoms with E-state index in [1.54, 1.807) is 4.90 Å². The van der Waals surface area contributed by atoms with Crippen molar-refractivity contribution in [3.05, 3.63) is 23.7 Å². The highest BCUT2D eigenvalue weighted by atomic mass is 16.4. The van der Waals surface area contributed by atoms with Crippen LogP contribution in [-0.4, -0.2) is 35.0 Å². The van der Waals surface area contributed by atoms with E-state index in [2.05, 4.69) is 6.92 Å². The molecule has 1 fully saturated rings. The van der Waals surface area contributed by atoms with Gasteiger partial charge in [-0.05, 0) is 18.8 Å². The fourth-order valence-electron chi connectivity index (χ4n) is 2.26. The predicted molar refractivity (Wildman–Crippen MR) is 64.6 cm³/mol. The third-order valence-corrected chi connectivity index (χ3v) is 3.54. The van der Waals surface area contributed by atoms with Gasteiger partial charge in [0, 0.05) is 19.2 Å². The molecule has 0 radical (unpaired) electrons. The summed E-state index contributed by atoms with van der Waals surface area (Å²) in [5.74, 6) is -0.484. The van der Waals surface area contributed by atoms with Crippen LogP contribution in [0.25, 0.3) is 0 Å². The summed E-state index contributed by atoms with van der Waals surface area (Å²) >= 11 is 0. The molecule has 0 spiro atoms. The normalized spacial score (nSPS) is 16.8. The number of hydrogen-bond acceptors (Lipinski definition) is 3. The Morgan fingerprint density at radius 3 is 2.61 bits per heavy atom. The number of aromatic carboxylic acids is 1. The second-order valence-electron chi connectivity index (χ2n) is 4.65. The van der Waals surface area contributed by atoms with E-state index in [1.165, 1.54) is 6.07 Å². The van der Waals surface area contributed by atoms with E-state index in [4.69, 9.17) is 9.52 Å². The zero-order valence-electron chi connectivity index (χ0n) is 10.4. The van der Waals surface area contributed by atoms with Crippen molar-refractivity contribution < 1.29 is 19.1 Å². The number of hydrogen-bond donors (Lipinski definition) is 1. The summed E-state index contributed by atoms with van der Waals surface area (Å²) in [6.45, 7) is 3.61. The van der Waals surface area contributed by atoms with Crippen LogP contribution < -0.4 is 0 Å². The number of carbonyl (C=O) groups is 2. The maximum atomic E-state index is 12.1. The summed E-state index contributed by atoms with van der Waals surface area (Å²) in [6, 6.07) is 1.29. The van der Waals surface area contributed by atoms with Gasteiger partial charge in [-0.25, -0.2) is 4.79 Å². The van der Waals surface area contributed by atoms with Gasteiger partial charge >= 0.3 is 5.97 Å². The fraction of sp³-hybridized carbons (Fsp3) is 0.538. The molecule has 1 aliphatic rings. The van der Waals surface area contributed by atoms with Crippen LogP contribution >= 0.6 is 0 Å². The number of furan rings is 1. The lowest BCUT2D eigenvalue weighted by atomic mass is 9.94. The van der Waals surface area contributed by atoms with Crippen LogP contribution in [0.15, 0.2) is 16.7 Å². The molecule has 5 heteroatoms. The van der Waals surface area contributed by atoms with Crippen molar-refractivity contribution in [1.82, 2.24) is 4.90 Å². The molecule has 18 heavy (non-hydrogen) atoms. The Kier molecular flexibility index (Phi) is 3.69. The maximum Gasteiger partial charge on any atom is 0.338 e. The second kappa shape index (κ2) is 5.25. The van der Waals surface area contributed by atoms with Crippen molar-refractivity contribution >= 4 is 11.9 Å². The standard InChI is InChI=1S/C13H17NO4/c1-2-9-3-5-14(6-4-9)12(15)11-7-10(8-18-11)13(16)17/h7-9H,2-6H2,1H3,(H,16,17). The smallest absolute Gasteiger partial charge is 0.338 e. The topological polar surface area (TPSA) is 70.8 Å². The van der Waals surface area contributed by atoms with E-state index in [1.807, 2.05) is 0 Å². The minimum atomic E-state index is -1.08. The van der Waals surface area contributed by atoms with E-state index < -0.39 is 5.97 Å². The molecular formula is C13H17NO4. The molecular weight excluding hydrogens is 234 g/mol. The lowest BCUT2D eigenvalue weighted by molar-refractivity contribution is 0.0655. The van der Waals surface area contributed by atoms with Gasteiger partial charge in [0.25, 0.3) is 5.91 Å². The van der Waals surface area contributed by atoms with Gasteiger partial charge in [-0.15, -0.1) is 0 Å². The molecule has 0 saturated carbocycles. The minimum absolute atomic E-state index is 0.0156. The van der Waals surface area contributed by atoms with Crippen molar-refractivity contribution in [2.45, 2.75) is 26.2 Å². The Bertz CT molecular complexity index is 444. The van der Waals surface area contributed by atoms with Crippen molar-refractivity contribution in [3.8, 4) is 0 Å². The van der Waals surface area contributed by atoms with Gasteiger partial charge in [0.15, 0.2) is 5.76 Å². The van der Waals surface area contributed by atoms with Gasteiger partial charge in [-0.1, -0.05) is 13.3 Å². The predicted octanol–water partition coefficient (Wildman–Crippen LogP) is 2.24. The molecule has 0 unspecified atom stereocenters. The number of carboxylic acids is 1. The quantitative estimate of drug-likeness (QED) is 0.894. The zero-order chi connectivity index (χ0) is 13.1. The number of nitrogens with zero attached hydrogens (tertiary/aromatic N) is 1. The summed E-state index contributed by atoms with van der Waals surface area (Å²) in [5.41, 5.74) is 0.0156. The van der Waals surface area contributed by atoms with Crippen LogP contribution in [0.2, 0.25) is 0 Å². The SMILES string of the molecule is CCC1CCN(C(=O)c2cc(C(=O)O)co2)CC1. The first-order valence-corrected chi connectivity index (χ1v) is 6.23. The molecule has 98 valence electrons. The van der Waals surface area contributed by atoms with Crippen molar-refractivity contribution in [2.24, 2.45) is 5.92 Å². The van der Waals surface area contributed by atoms with Gasteiger partial charge in [-0.3, -0.25) is 4.79 Å². The first-order valence-electron chi connectivity index (χ1n) is 6.23. The average Bonchev–Trinajstić information content (AvgIpc) is 2.88. The van der Waals surface area contributed by atoms with E-state index in [0.29, 0.717) is 5.92 Å². The number of carboxylic acid groups (broad SMARTS) is 1. The van der Waals surface area contributed by atoms with Crippen LogP contribution in [0.1, 0.15) is 47.1 Å². The highest BCUT2D eigenvalue weighted by molar-refractivity contribution is 5.95. The van der Waals surface area contributed by atoms with Crippen LogP contribution in [0.4, 0.5) is 0 Å². The molecule has 1 N–H and O–H groups in total. The number of rotatable bonds is 3. The number of carbonyl (C=O) groups excluding carboxylic acids is 1. The minimum Gasteiger partial charge on any atom is -0.478 e. The summed E-state index contributed by atoms with van der Waals surface area (Å²) in [6.07, 6.45) is 4.27. The molecule has 1 aromatic rings. The summed E-state index contributed by atoms with van der Waals surface area (Å²) in [7, 11) is 0. The first kappa shape index (κ1) is 12.7. The molecule has 2 rings (SSSR count). The molecule has 2 heterocycles. The third kappa shape index (κ3) is 2.55. The first-order chi connectivity index (χ1) is 8.61. The molecule has 1 aromatic heterocycles. The van der Waals surface area contributed by atoms with Gasteiger partial charge in [0.2, 0.25) is 0 Å². The summed E-state index contributed by atoms with van der Waals surface area (Å²) in [4.78, 5) is 24.5. The molecule has 1 aliphatic heterocycles. The van der Waals surface area contributed by atoms with Gasteiger partial charge < -0.3 is 14.4 Å². The number of amides is 1. The van der Waals surface area contributed by atoms with Crippen LogP contribution in [0.5, 0.6) is 0 Å². The highest BCUT2D eigenvalue weighted by Crippen LogP contribution is 2.21. The number of piperidine rings is 1. The number of likely N-dealkylation sites (tertiary alicyclic amines) is 1. The second-order valence-corrected chi connectivity index (χ2v) is 4.65. The van der Waals surface area contributed by atoms with E-state index in [9.17, 15) is 9.59 Å². The Morgan fingerprint density at radius 2 is 2.11 bits per heavy atom. The Balaban J connectivity index is 2.01. The molecule has 5 nitrogen and oxygen atoms in total. The van der Waals surface area contributed by atoms with E-state index in [0.717, 1.165) is 38.6 Å². The lowest BCUT2D eigenvalue weighted by Gasteiger charge is -2.30. The lowest BCUT2D eigenvalue weighted by Crippen LogP contribution is -2.38. The molecule has 0 aliphatic carbocycles. The average molecular weight is 251 g/mol. The Hall–Kier alpha value is -1.78. The fourth-order valence-corrected chi connectivity index (χ4v) is 2.26. The third-order valence-electron chi connectivity index (χ3n) is 3.54. The Labute approximate surface area is 105 Å². The summed E-state index contributed by atoms with van der Waals surface area (Å²) in [5, 5.41) is 8.77. The highest BCUT2D eigenvalue weighted by Gasteiger charge is 2.25. The van der Waals surface area contributed by atoms with Crippen LogP contribution in [-0.2, 0) is 0 Å². The zero-order valence-corrected chi connectivity index (χ0v) is 10.4. The van der Waals surface area contributed by atoms with Crippen molar-refractivity contribution in [1.29, 1.82) is 0 Å². The van der Waals surface area contributed by atoms with Crippen molar-refractivity contribution in [3.63, 3.8) is 0 Å². The molecule has 0 atom stereocenters. The molecule has 1 amide bonds. The molecule has 1 saturated heterocycles. The summed E-state index contributed by atoms with van der Waals surface area (Å²) < 4.78 is 5.02. The van der Waals surface area contributed by atoms with Gasteiger partial charge in [0.1, 0.15) is 6.26 Å². The Morgan fingerprint density at radius 1 is 1.44 bits per heavy atom. The molecule has 0 aromatic carbocycles. The van der Waals surface area contributed by atoms with Crippen LogP contribution in [0.3, 0.4) is 0 Å². The largest absolute Gasteiger partial charge is 0.478 e. The van der Waals surface area contributed by atoms with E-state index in [-0.39, 0.29) is 17.2 Å². The monoisotopic (exact) mass is 251 g/mol. The van der Waals surface area contributed by atoms with Gasteiger partial charge in [0.05, 0.1) is 5.56 Å². The molecule has 0 bridgehead atoms. The van der Waals surface area contributed by atoms with Crippen LogP contribution in [0, 0.1) is 5.92 Å². The van der Waals surface area contributed by atoms with E-state index >= 15 is 0 Å². The van der Waals surface area contributed by atoms with Crippen molar-refractivity contribution in [2.75, 3.05) is 13.1 Å².